The van der Waals surface area contributed by atoms with E-state index >= 15 is 0 Å². The van der Waals surface area contributed by atoms with Crippen molar-refractivity contribution in [3.63, 3.8) is 0 Å². The molecule has 0 heterocycles. The fourth-order valence-electron chi connectivity index (χ4n) is 4.40. The molecule has 1 saturated carbocycles. The van der Waals surface area contributed by atoms with Gasteiger partial charge in [-0.15, -0.1) is 0 Å². The zero-order chi connectivity index (χ0) is 17.7. The predicted octanol–water partition coefficient (Wildman–Crippen LogP) is 4.29. The molecular weight excluding hydrogens is 296 g/mol. The fraction of sp³-hybridized carbons (Fsp3) is 0.714. The summed E-state index contributed by atoms with van der Waals surface area (Å²) < 4.78 is 0. The number of anilines is 1. The maximum atomic E-state index is 11.6. The van der Waals surface area contributed by atoms with Crippen molar-refractivity contribution in [3.05, 3.63) is 29.3 Å². The summed E-state index contributed by atoms with van der Waals surface area (Å²) in [5.74, 6) is 1.65. The summed E-state index contributed by atoms with van der Waals surface area (Å²) in [6, 6.07) is 6.25. The maximum absolute atomic E-state index is 11.6. The Balaban J connectivity index is 2.38. The van der Waals surface area contributed by atoms with Gasteiger partial charge in [0.15, 0.2) is 0 Å². The zero-order valence-corrected chi connectivity index (χ0v) is 15.9. The highest BCUT2D eigenvalue weighted by molar-refractivity contribution is 5.56. The van der Waals surface area contributed by atoms with Crippen molar-refractivity contribution >= 4 is 5.69 Å². The number of nitrogens with one attached hydrogen (secondary N) is 1. The van der Waals surface area contributed by atoms with Crippen LogP contribution in [0.1, 0.15) is 64.0 Å². The van der Waals surface area contributed by atoms with Crippen LogP contribution in [0, 0.1) is 17.8 Å². The van der Waals surface area contributed by atoms with Crippen molar-refractivity contribution in [3.8, 4) is 0 Å². The second-order valence-corrected chi connectivity index (χ2v) is 7.83. The van der Waals surface area contributed by atoms with Crippen LogP contribution in [0.15, 0.2) is 18.2 Å². The predicted molar refractivity (Wildman–Crippen MR) is 103 cm³/mol. The molecule has 3 nitrogen and oxygen atoms in total. The van der Waals surface area contributed by atoms with Gasteiger partial charge >= 0.3 is 0 Å². The van der Waals surface area contributed by atoms with E-state index in [-0.39, 0.29) is 5.92 Å². The number of nitrogens with two attached hydrogens (primary N) is 1. The molecule has 4 N–H and O–H groups in total. The van der Waals surface area contributed by atoms with Crippen LogP contribution in [0.25, 0.3) is 0 Å². The summed E-state index contributed by atoms with van der Waals surface area (Å²) in [4.78, 5) is 0. The number of benzene rings is 1. The lowest BCUT2D eigenvalue weighted by Crippen LogP contribution is -2.42. The van der Waals surface area contributed by atoms with E-state index in [1.165, 1.54) is 12.0 Å². The molecule has 0 radical (unpaired) electrons. The van der Waals surface area contributed by atoms with Gasteiger partial charge < -0.3 is 16.2 Å². The average Bonchev–Trinajstić information content (AvgIpc) is 3.09. The third-order valence-electron chi connectivity index (χ3n) is 6.09. The SMILES string of the molecule is CCCCc1c(NC)cccc1C(O)(CN)C1CCC(C(C)C)C1. The Hall–Kier alpha value is -1.06. The zero-order valence-electron chi connectivity index (χ0n) is 15.9. The Morgan fingerprint density at radius 3 is 2.62 bits per heavy atom. The van der Waals surface area contributed by atoms with E-state index in [0.717, 1.165) is 43.4 Å². The molecule has 3 atom stereocenters. The topological polar surface area (TPSA) is 58.3 Å². The van der Waals surface area contributed by atoms with Crippen LogP contribution < -0.4 is 11.1 Å². The highest BCUT2D eigenvalue weighted by atomic mass is 16.3. The number of hydrogen-bond acceptors (Lipinski definition) is 3. The lowest BCUT2D eigenvalue weighted by molar-refractivity contribution is -0.0161. The van der Waals surface area contributed by atoms with E-state index in [2.05, 4.69) is 38.2 Å². The van der Waals surface area contributed by atoms with Crippen LogP contribution in [0.3, 0.4) is 0 Å². The normalized spacial score (nSPS) is 23.5. The Morgan fingerprint density at radius 2 is 2.08 bits per heavy atom. The Labute approximate surface area is 148 Å². The Morgan fingerprint density at radius 1 is 1.33 bits per heavy atom. The van der Waals surface area contributed by atoms with E-state index in [1.54, 1.807) is 0 Å². The Kier molecular flexibility index (Phi) is 6.70. The quantitative estimate of drug-likeness (QED) is 0.665. The first-order valence-corrected chi connectivity index (χ1v) is 9.70. The molecule has 24 heavy (non-hydrogen) atoms. The summed E-state index contributed by atoms with van der Waals surface area (Å²) in [6.45, 7) is 7.10. The van der Waals surface area contributed by atoms with Gasteiger partial charge in [-0.05, 0) is 67.1 Å². The van der Waals surface area contributed by atoms with Crippen LogP contribution in [-0.4, -0.2) is 18.7 Å². The summed E-state index contributed by atoms with van der Waals surface area (Å²) >= 11 is 0. The van der Waals surface area contributed by atoms with Gasteiger partial charge in [-0.3, -0.25) is 0 Å². The van der Waals surface area contributed by atoms with E-state index < -0.39 is 5.60 Å². The molecule has 0 aliphatic heterocycles. The number of hydrogen-bond donors (Lipinski definition) is 3. The second kappa shape index (κ2) is 8.35. The van der Waals surface area contributed by atoms with Gasteiger partial charge in [0.25, 0.3) is 0 Å². The second-order valence-electron chi connectivity index (χ2n) is 7.83. The van der Waals surface area contributed by atoms with Gasteiger partial charge in [0.05, 0.1) is 0 Å². The van der Waals surface area contributed by atoms with Gasteiger partial charge in [0.2, 0.25) is 0 Å². The number of unbranched alkanes of at least 4 members (excludes halogenated alkanes) is 1. The van der Waals surface area contributed by atoms with Gasteiger partial charge in [0.1, 0.15) is 5.60 Å². The monoisotopic (exact) mass is 332 g/mol. The minimum absolute atomic E-state index is 0.266. The van der Waals surface area contributed by atoms with Crippen LogP contribution in [0.2, 0.25) is 0 Å². The van der Waals surface area contributed by atoms with E-state index in [1.807, 2.05) is 13.1 Å². The van der Waals surface area contributed by atoms with Gasteiger partial charge in [-0.1, -0.05) is 39.3 Å². The molecule has 2 rings (SSSR count). The number of rotatable bonds is 8. The van der Waals surface area contributed by atoms with Crippen molar-refractivity contribution in [2.24, 2.45) is 23.5 Å². The largest absolute Gasteiger partial charge is 0.388 e. The van der Waals surface area contributed by atoms with Crippen molar-refractivity contribution in [2.75, 3.05) is 18.9 Å². The molecule has 3 heteroatoms. The molecule has 1 aliphatic carbocycles. The minimum atomic E-state index is -0.903. The van der Waals surface area contributed by atoms with Gasteiger partial charge in [0, 0.05) is 19.3 Å². The van der Waals surface area contributed by atoms with E-state index in [4.69, 9.17) is 5.73 Å². The summed E-state index contributed by atoms with van der Waals surface area (Å²) in [5.41, 5.74) is 8.69. The lowest BCUT2D eigenvalue weighted by Gasteiger charge is -2.36. The summed E-state index contributed by atoms with van der Waals surface area (Å²) in [6.07, 6.45) is 6.64. The first-order valence-electron chi connectivity index (χ1n) is 9.70. The molecule has 1 fully saturated rings. The maximum Gasteiger partial charge on any atom is 0.105 e. The molecule has 1 aromatic rings. The molecule has 136 valence electrons. The lowest BCUT2D eigenvalue weighted by atomic mass is 9.76. The first-order chi connectivity index (χ1) is 11.5. The highest BCUT2D eigenvalue weighted by Gasteiger charge is 2.43. The standard InChI is InChI=1S/C21H36N2O/c1-5-6-8-18-19(9-7-10-20(18)23-4)21(24,14-22)17-12-11-16(13-17)15(2)3/h7,9-10,15-17,23-24H,5-6,8,11-14,22H2,1-4H3. The molecule has 0 aromatic heterocycles. The van der Waals surface area contributed by atoms with Crippen molar-refractivity contribution in [1.82, 2.24) is 0 Å². The third-order valence-corrected chi connectivity index (χ3v) is 6.09. The third kappa shape index (κ3) is 3.78. The van der Waals surface area contributed by atoms with Crippen LogP contribution in [-0.2, 0) is 12.0 Å². The first kappa shape index (κ1) is 19.3. The van der Waals surface area contributed by atoms with Crippen molar-refractivity contribution in [2.45, 2.75) is 64.9 Å². The molecule has 0 bridgehead atoms. The van der Waals surface area contributed by atoms with Crippen LogP contribution >= 0.6 is 0 Å². The molecule has 3 unspecified atom stereocenters. The fourth-order valence-corrected chi connectivity index (χ4v) is 4.40. The molecular formula is C21H36N2O. The summed E-state index contributed by atoms with van der Waals surface area (Å²) in [7, 11) is 1.96. The Bertz CT molecular complexity index is 529. The van der Waals surface area contributed by atoms with Crippen molar-refractivity contribution in [1.29, 1.82) is 0 Å². The molecule has 0 amide bonds. The summed E-state index contributed by atoms with van der Waals surface area (Å²) in [5, 5.41) is 14.9. The van der Waals surface area contributed by atoms with E-state index in [9.17, 15) is 5.11 Å². The molecule has 1 aromatic carbocycles. The van der Waals surface area contributed by atoms with Gasteiger partial charge in [-0.25, -0.2) is 0 Å². The molecule has 1 aliphatic rings. The molecule has 0 saturated heterocycles. The number of aliphatic hydroxyl groups is 1. The van der Waals surface area contributed by atoms with Crippen LogP contribution in [0.4, 0.5) is 5.69 Å². The average molecular weight is 333 g/mol. The minimum Gasteiger partial charge on any atom is -0.388 e. The van der Waals surface area contributed by atoms with Crippen LogP contribution in [0.5, 0.6) is 0 Å². The van der Waals surface area contributed by atoms with Crippen molar-refractivity contribution < 1.29 is 5.11 Å². The molecule has 0 spiro atoms. The smallest absolute Gasteiger partial charge is 0.105 e. The van der Waals surface area contributed by atoms with Gasteiger partial charge in [-0.2, -0.15) is 0 Å². The van der Waals surface area contributed by atoms with E-state index in [0.29, 0.717) is 18.4 Å². The highest BCUT2D eigenvalue weighted by Crippen LogP contribution is 2.46.